The molecule has 2 heterocycles. The van der Waals surface area contributed by atoms with Gasteiger partial charge in [0.2, 0.25) is 6.79 Å². The predicted molar refractivity (Wildman–Crippen MR) is 82.3 cm³/mol. The van der Waals surface area contributed by atoms with Crippen molar-refractivity contribution in [2.75, 3.05) is 12.1 Å². The lowest BCUT2D eigenvalue weighted by Crippen LogP contribution is -2.12. The second kappa shape index (κ2) is 5.04. The summed E-state index contributed by atoms with van der Waals surface area (Å²) in [6.07, 6.45) is 1.71. The molecule has 1 N–H and O–H groups in total. The van der Waals surface area contributed by atoms with Crippen LogP contribution in [-0.4, -0.2) is 17.7 Å². The van der Waals surface area contributed by atoms with E-state index in [0.29, 0.717) is 22.7 Å². The second-order valence-corrected chi connectivity index (χ2v) is 4.90. The number of carbonyl (C=O) groups is 1. The van der Waals surface area contributed by atoms with Crippen molar-refractivity contribution in [3.8, 4) is 11.5 Å². The molecule has 0 atom stereocenters. The first-order valence-corrected chi connectivity index (χ1v) is 6.86. The van der Waals surface area contributed by atoms with Crippen molar-refractivity contribution in [1.82, 2.24) is 4.98 Å². The molecule has 0 spiro atoms. The van der Waals surface area contributed by atoms with Crippen LogP contribution in [0.1, 0.15) is 10.4 Å². The Kier molecular flexibility index (Phi) is 2.89. The molecule has 1 aromatic heterocycles. The number of hydrogen-bond donors (Lipinski definition) is 1. The molecule has 0 saturated carbocycles. The molecule has 3 aromatic rings. The van der Waals surface area contributed by atoms with Crippen molar-refractivity contribution in [2.24, 2.45) is 0 Å². The minimum atomic E-state index is -0.183. The van der Waals surface area contributed by atoms with Gasteiger partial charge < -0.3 is 14.8 Å². The standard InChI is InChI=1S/C17H12N2O3/c20-17(13-3-1-5-14-12(13)4-2-8-18-14)19-11-6-7-15-16(9-11)22-10-21-15/h1-9H,10H2,(H,19,20). The van der Waals surface area contributed by atoms with Gasteiger partial charge in [0.25, 0.3) is 5.91 Å². The number of hydrogen-bond acceptors (Lipinski definition) is 4. The van der Waals surface area contributed by atoms with Gasteiger partial charge in [0.05, 0.1) is 5.52 Å². The van der Waals surface area contributed by atoms with E-state index in [1.165, 1.54) is 0 Å². The van der Waals surface area contributed by atoms with Gasteiger partial charge in [-0.1, -0.05) is 12.1 Å². The Balaban J connectivity index is 1.66. The summed E-state index contributed by atoms with van der Waals surface area (Å²) >= 11 is 0. The molecule has 0 fully saturated rings. The molecular formula is C17H12N2O3. The zero-order chi connectivity index (χ0) is 14.9. The van der Waals surface area contributed by atoms with Crippen LogP contribution in [0.5, 0.6) is 11.5 Å². The van der Waals surface area contributed by atoms with E-state index in [-0.39, 0.29) is 12.7 Å². The lowest BCUT2D eigenvalue weighted by molar-refractivity contribution is 0.102. The van der Waals surface area contributed by atoms with Crippen molar-refractivity contribution in [3.05, 3.63) is 60.3 Å². The van der Waals surface area contributed by atoms with Crippen molar-refractivity contribution < 1.29 is 14.3 Å². The first-order valence-electron chi connectivity index (χ1n) is 6.86. The molecule has 1 aliphatic rings. The van der Waals surface area contributed by atoms with Gasteiger partial charge in [0.1, 0.15) is 0 Å². The minimum absolute atomic E-state index is 0.183. The first kappa shape index (κ1) is 12.6. The Labute approximate surface area is 126 Å². The number of rotatable bonds is 2. The monoisotopic (exact) mass is 292 g/mol. The highest BCUT2D eigenvalue weighted by molar-refractivity contribution is 6.12. The maximum Gasteiger partial charge on any atom is 0.256 e. The molecule has 22 heavy (non-hydrogen) atoms. The molecule has 1 aliphatic heterocycles. The first-order chi connectivity index (χ1) is 10.8. The molecule has 0 bridgehead atoms. The highest BCUT2D eigenvalue weighted by Crippen LogP contribution is 2.34. The van der Waals surface area contributed by atoms with Crippen molar-refractivity contribution in [1.29, 1.82) is 0 Å². The van der Waals surface area contributed by atoms with Gasteiger partial charge in [0.15, 0.2) is 11.5 Å². The molecule has 5 nitrogen and oxygen atoms in total. The Bertz CT molecular complexity index is 871. The van der Waals surface area contributed by atoms with Crippen molar-refractivity contribution in [2.45, 2.75) is 0 Å². The van der Waals surface area contributed by atoms with E-state index in [9.17, 15) is 4.79 Å². The Morgan fingerprint density at radius 2 is 1.95 bits per heavy atom. The van der Waals surface area contributed by atoms with E-state index < -0.39 is 0 Å². The number of pyridine rings is 1. The fourth-order valence-corrected chi connectivity index (χ4v) is 2.47. The zero-order valence-corrected chi connectivity index (χ0v) is 11.6. The number of amides is 1. The number of nitrogens with zero attached hydrogens (tertiary/aromatic N) is 1. The van der Waals surface area contributed by atoms with E-state index in [0.717, 1.165) is 10.9 Å². The van der Waals surface area contributed by atoms with E-state index in [4.69, 9.17) is 9.47 Å². The minimum Gasteiger partial charge on any atom is -0.454 e. The molecule has 0 unspecified atom stereocenters. The number of aromatic nitrogens is 1. The van der Waals surface area contributed by atoms with E-state index >= 15 is 0 Å². The number of ether oxygens (including phenoxy) is 2. The molecule has 4 rings (SSSR count). The molecule has 0 radical (unpaired) electrons. The molecule has 2 aromatic carbocycles. The maximum atomic E-state index is 12.5. The highest BCUT2D eigenvalue weighted by Gasteiger charge is 2.15. The molecule has 5 heteroatoms. The SMILES string of the molecule is O=C(Nc1ccc2c(c1)OCO2)c1cccc2ncccc12. The number of anilines is 1. The molecule has 0 saturated heterocycles. The average Bonchev–Trinajstić information content (AvgIpc) is 3.02. The lowest BCUT2D eigenvalue weighted by Gasteiger charge is -2.08. The zero-order valence-electron chi connectivity index (χ0n) is 11.6. The van der Waals surface area contributed by atoms with Crippen molar-refractivity contribution in [3.63, 3.8) is 0 Å². The van der Waals surface area contributed by atoms with Gasteiger partial charge in [-0.15, -0.1) is 0 Å². The molecular weight excluding hydrogens is 280 g/mol. The molecule has 108 valence electrons. The van der Waals surface area contributed by atoms with Crippen LogP contribution < -0.4 is 14.8 Å². The quantitative estimate of drug-likeness (QED) is 0.788. The maximum absolute atomic E-state index is 12.5. The normalized spacial score (nSPS) is 12.4. The Hall–Kier alpha value is -3.08. The van der Waals surface area contributed by atoms with Crippen LogP contribution in [0, 0.1) is 0 Å². The van der Waals surface area contributed by atoms with Gasteiger partial charge >= 0.3 is 0 Å². The summed E-state index contributed by atoms with van der Waals surface area (Å²) in [7, 11) is 0. The topological polar surface area (TPSA) is 60.5 Å². The van der Waals surface area contributed by atoms with E-state index in [1.54, 1.807) is 30.5 Å². The summed E-state index contributed by atoms with van der Waals surface area (Å²) < 4.78 is 10.6. The van der Waals surface area contributed by atoms with Crippen LogP contribution in [0.4, 0.5) is 5.69 Å². The summed E-state index contributed by atoms with van der Waals surface area (Å²) in [5.41, 5.74) is 2.04. The smallest absolute Gasteiger partial charge is 0.256 e. The van der Waals surface area contributed by atoms with Gasteiger partial charge in [-0.05, 0) is 30.3 Å². The van der Waals surface area contributed by atoms with Gasteiger partial charge in [-0.3, -0.25) is 9.78 Å². The van der Waals surface area contributed by atoms with E-state index in [2.05, 4.69) is 10.3 Å². The average molecular weight is 292 g/mol. The van der Waals surface area contributed by atoms with Crippen LogP contribution in [0.15, 0.2) is 54.7 Å². The largest absolute Gasteiger partial charge is 0.454 e. The fourth-order valence-electron chi connectivity index (χ4n) is 2.47. The summed E-state index contributed by atoms with van der Waals surface area (Å²) in [5, 5.41) is 3.70. The van der Waals surface area contributed by atoms with Crippen LogP contribution in [0.25, 0.3) is 10.9 Å². The van der Waals surface area contributed by atoms with Crippen LogP contribution in [0.3, 0.4) is 0 Å². The second-order valence-electron chi connectivity index (χ2n) is 4.90. The van der Waals surface area contributed by atoms with E-state index in [1.807, 2.05) is 24.3 Å². The number of carbonyl (C=O) groups excluding carboxylic acids is 1. The van der Waals surface area contributed by atoms with Crippen molar-refractivity contribution >= 4 is 22.5 Å². The highest BCUT2D eigenvalue weighted by atomic mass is 16.7. The van der Waals surface area contributed by atoms with Crippen LogP contribution in [0.2, 0.25) is 0 Å². The fraction of sp³-hybridized carbons (Fsp3) is 0.0588. The number of benzene rings is 2. The Morgan fingerprint density at radius 1 is 1.05 bits per heavy atom. The summed E-state index contributed by atoms with van der Waals surface area (Å²) in [4.78, 5) is 16.8. The summed E-state index contributed by atoms with van der Waals surface area (Å²) in [6.45, 7) is 0.210. The number of nitrogens with one attached hydrogen (secondary N) is 1. The lowest BCUT2D eigenvalue weighted by atomic mass is 10.1. The Morgan fingerprint density at radius 3 is 2.91 bits per heavy atom. The third kappa shape index (κ3) is 2.13. The van der Waals surface area contributed by atoms with Gasteiger partial charge in [-0.2, -0.15) is 0 Å². The van der Waals surface area contributed by atoms with Gasteiger partial charge in [-0.25, -0.2) is 0 Å². The van der Waals surface area contributed by atoms with Crippen LogP contribution >= 0.6 is 0 Å². The summed E-state index contributed by atoms with van der Waals surface area (Å²) in [6, 6.07) is 14.5. The number of fused-ring (bicyclic) bond motifs is 2. The predicted octanol–water partition coefficient (Wildman–Crippen LogP) is 3.22. The van der Waals surface area contributed by atoms with Gasteiger partial charge in [0, 0.05) is 28.9 Å². The van der Waals surface area contributed by atoms with Crippen LogP contribution in [-0.2, 0) is 0 Å². The molecule has 1 amide bonds. The third-order valence-corrected chi connectivity index (χ3v) is 3.52. The summed E-state index contributed by atoms with van der Waals surface area (Å²) in [5.74, 6) is 1.14. The third-order valence-electron chi connectivity index (χ3n) is 3.52. The molecule has 0 aliphatic carbocycles.